The van der Waals surface area contributed by atoms with E-state index < -0.39 is 38.0 Å². The second kappa shape index (κ2) is 7.26. The number of sulfonamides is 1. The van der Waals surface area contributed by atoms with Gasteiger partial charge in [-0.1, -0.05) is 35.3 Å². The first kappa shape index (κ1) is 19.0. The van der Waals surface area contributed by atoms with Gasteiger partial charge in [-0.25, -0.2) is 8.42 Å². The molecule has 2 aromatic rings. The summed E-state index contributed by atoms with van der Waals surface area (Å²) in [6, 6.07) is 8.46. The monoisotopic (exact) mass is 404 g/mol. The van der Waals surface area contributed by atoms with Gasteiger partial charge in [0.1, 0.15) is 6.54 Å². The largest absolute Gasteiger partial charge is 0.480 e. The number of nitrogens with zero attached hydrogens (tertiary/aromatic N) is 2. The van der Waals surface area contributed by atoms with Crippen LogP contribution in [0.25, 0.3) is 0 Å². The van der Waals surface area contributed by atoms with Gasteiger partial charge in [-0.15, -0.1) is 0 Å². The summed E-state index contributed by atoms with van der Waals surface area (Å²) < 4.78 is 26.3. The van der Waals surface area contributed by atoms with Crippen molar-refractivity contribution in [2.75, 3.05) is 10.8 Å². The van der Waals surface area contributed by atoms with Gasteiger partial charge in [0.15, 0.2) is 4.90 Å². The molecule has 0 atom stereocenters. The SMILES string of the molecule is O=C(O)CN(c1cc(Cl)ccc1Cl)S(=O)(=O)c1ccccc1[N+](=O)[O-]. The molecule has 0 fully saturated rings. The van der Waals surface area contributed by atoms with Gasteiger partial charge in [-0.3, -0.25) is 19.2 Å². The van der Waals surface area contributed by atoms with Crippen molar-refractivity contribution in [1.82, 2.24) is 0 Å². The number of carboxylic acids is 1. The zero-order valence-corrected chi connectivity index (χ0v) is 14.6. The number of halogens is 2. The van der Waals surface area contributed by atoms with Crippen LogP contribution in [0.4, 0.5) is 11.4 Å². The maximum absolute atomic E-state index is 12.9. The molecule has 0 aromatic heterocycles. The molecule has 0 aliphatic heterocycles. The highest BCUT2D eigenvalue weighted by atomic mass is 35.5. The number of nitro benzene ring substituents is 1. The second-order valence-corrected chi connectivity index (χ2v) is 7.40. The van der Waals surface area contributed by atoms with Crippen molar-refractivity contribution >= 4 is 50.6 Å². The molecule has 1 N–H and O–H groups in total. The number of nitro groups is 1. The Morgan fingerprint density at radius 1 is 1.20 bits per heavy atom. The van der Waals surface area contributed by atoms with Crippen LogP contribution in [0.1, 0.15) is 0 Å². The van der Waals surface area contributed by atoms with Crippen LogP contribution in [-0.4, -0.2) is 31.0 Å². The number of carboxylic acid groups (broad SMARTS) is 1. The molecule has 0 saturated carbocycles. The quantitative estimate of drug-likeness (QED) is 0.583. The van der Waals surface area contributed by atoms with Crippen molar-refractivity contribution in [2.24, 2.45) is 0 Å². The van der Waals surface area contributed by atoms with Gasteiger partial charge < -0.3 is 5.11 Å². The molecule has 0 radical (unpaired) electrons. The average Bonchev–Trinajstić information content (AvgIpc) is 2.54. The van der Waals surface area contributed by atoms with Crippen molar-refractivity contribution in [3.8, 4) is 0 Å². The highest BCUT2D eigenvalue weighted by molar-refractivity contribution is 7.93. The lowest BCUT2D eigenvalue weighted by Crippen LogP contribution is -2.36. The molecular formula is C14H10Cl2N2O6S. The van der Waals surface area contributed by atoms with Crippen LogP contribution in [0.15, 0.2) is 47.4 Å². The minimum Gasteiger partial charge on any atom is -0.480 e. The first-order valence-corrected chi connectivity index (χ1v) is 8.77. The van der Waals surface area contributed by atoms with Gasteiger partial charge in [0, 0.05) is 11.1 Å². The topological polar surface area (TPSA) is 118 Å². The Bertz CT molecular complexity index is 948. The first-order chi connectivity index (χ1) is 11.6. The fourth-order valence-corrected chi connectivity index (χ4v) is 4.07. The van der Waals surface area contributed by atoms with E-state index in [9.17, 15) is 23.3 Å². The fraction of sp³-hybridized carbons (Fsp3) is 0.0714. The van der Waals surface area contributed by atoms with Gasteiger partial charge in [0.25, 0.3) is 15.7 Å². The van der Waals surface area contributed by atoms with Crippen LogP contribution >= 0.6 is 23.2 Å². The van der Waals surface area contributed by atoms with Crippen molar-refractivity contribution in [2.45, 2.75) is 4.90 Å². The smallest absolute Gasteiger partial charge is 0.324 e. The molecule has 25 heavy (non-hydrogen) atoms. The molecular weight excluding hydrogens is 395 g/mol. The number of hydrogen-bond acceptors (Lipinski definition) is 5. The van der Waals surface area contributed by atoms with Gasteiger partial charge >= 0.3 is 5.97 Å². The lowest BCUT2D eigenvalue weighted by Gasteiger charge is -2.23. The van der Waals surface area contributed by atoms with Crippen LogP contribution in [0, 0.1) is 10.1 Å². The number of rotatable bonds is 6. The van der Waals surface area contributed by atoms with Crippen LogP contribution in [0.2, 0.25) is 10.0 Å². The highest BCUT2D eigenvalue weighted by Crippen LogP contribution is 2.35. The summed E-state index contributed by atoms with van der Waals surface area (Å²) in [7, 11) is -4.60. The van der Waals surface area contributed by atoms with Crippen LogP contribution in [0.3, 0.4) is 0 Å². The fourth-order valence-electron chi connectivity index (χ4n) is 2.04. The molecule has 0 unspecified atom stereocenters. The predicted octanol–water partition coefficient (Wildman–Crippen LogP) is 3.18. The van der Waals surface area contributed by atoms with E-state index in [4.69, 9.17) is 28.3 Å². The van der Waals surface area contributed by atoms with E-state index in [1.165, 1.54) is 30.3 Å². The van der Waals surface area contributed by atoms with E-state index in [1.54, 1.807) is 0 Å². The Balaban J connectivity index is 2.72. The number of anilines is 1. The third-order valence-electron chi connectivity index (χ3n) is 3.09. The number of aliphatic carboxylic acids is 1. The summed E-state index contributed by atoms with van der Waals surface area (Å²) in [5, 5.41) is 20.2. The maximum atomic E-state index is 12.9. The van der Waals surface area contributed by atoms with E-state index in [1.807, 2.05) is 0 Å². The lowest BCUT2D eigenvalue weighted by molar-refractivity contribution is -0.387. The molecule has 0 aliphatic rings. The number of benzene rings is 2. The normalized spacial score (nSPS) is 11.1. The molecule has 0 amide bonds. The van der Waals surface area contributed by atoms with E-state index in [0.717, 1.165) is 12.1 Å². The van der Waals surface area contributed by atoms with Crippen LogP contribution in [-0.2, 0) is 14.8 Å². The zero-order valence-electron chi connectivity index (χ0n) is 12.3. The molecule has 0 heterocycles. The predicted molar refractivity (Wildman–Crippen MR) is 91.7 cm³/mol. The van der Waals surface area contributed by atoms with Gasteiger partial charge in [0.2, 0.25) is 0 Å². The summed E-state index contributed by atoms with van der Waals surface area (Å²) in [6.07, 6.45) is 0. The number of para-hydroxylation sites is 1. The average molecular weight is 405 g/mol. The van der Waals surface area contributed by atoms with Crippen LogP contribution < -0.4 is 4.31 Å². The zero-order chi connectivity index (χ0) is 18.8. The van der Waals surface area contributed by atoms with E-state index in [-0.39, 0.29) is 15.7 Å². The highest BCUT2D eigenvalue weighted by Gasteiger charge is 2.34. The Morgan fingerprint density at radius 3 is 2.44 bits per heavy atom. The van der Waals surface area contributed by atoms with Gasteiger partial charge in [0.05, 0.1) is 15.6 Å². The van der Waals surface area contributed by atoms with Crippen molar-refractivity contribution in [1.29, 1.82) is 0 Å². The Hall–Kier alpha value is -2.36. The molecule has 132 valence electrons. The maximum Gasteiger partial charge on any atom is 0.324 e. The summed E-state index contributed by atoms with van der Waals surface area (Å²) >= 11 is 11.8. The second-order valence-electron chi connectivity index (χ2n) is 4.73. The molecule has 0 bridgehead atoms. The third kappa shape index (κ3) is 4.01. The summed E-state index contributed by atoms with van der Waals surface area (Å²) in [6.45, 7) is -0.992. The standard InChI is InChI=1S/C14H10Cl2N2O6S/c15-9-5-6-10(16)12(7-9)17(8-14(19)20)25(23,24)13-4-2-1-3-11(13)18(21)22/h1-7H,8H2,(H,19,20). The Labute approximate surface area is 152 Å². The molecule has 0 aliphatic carbocycles. The molecule has 2 aromatic carbocycles. The Morgan fingerprint density at radius 2 is 1.84 bits per heavy atom. The first-order valence-electron chi connectivity index (χ1n) is 6.57. The van der Waals surface area contributed by atoms with E-state index in [0.29, 0.717) is 4.31 Å². The molecule has 8 nitrogen and oxygen atoms in total. The van der Waals surface area contributed by atoms with Crippen LogP contribution in [0.5, 0.6) is 0 Å². The minimum atomic E-state index is -4.60. The Kier molecular flexibility index (Phi) is 5.51. The summed E-state index contributed by atoms with van der Waals surface area (Å²) in [5.41, 5.74) is -0.884. The van der Waals surface area contributed by atoms with Crippen molar-refractivity contribution in [3.63, 3.8) is 0 Å². The minimum absolute atomic E-state index is 0.0761. The molecule has 0 spiro atoms. The third-order valence-corrected chi connectivity index (χ3v) is 5.45. The number of carbonyl (C=O) groups is 1. The molecule has 11 heteroatoms. The van der Waals surface area contributed by atoms with E-state index in [2.05, 4.69) is 0 Å². The summed E-state index contributed by atoms with van der Waals surface area (Å²) in [5.74, 6) is -1.47. The van der Waals surface area contributed by atoms with Gasteiger partial charge in [-0.05, 0) is 24.3 Å². The lowest BCUT2D eigenvalue weighted by atomic mass is 10.3. The number of hydrogen-bond donors (Lipinski definition) is 1. The van der Waals surface area contributed by atoms with Crippen molar-refractivity contribution < 1.29 is 23.2 Å². The molecule has 0 saturated heterocycles. The van der Waals surface area contributed by atoms with E-state index >= 15 is 0 Å². The van der Waals surface area contributed by atoms with Gasteiger partial charge in [-0.2, -0.15) is 0 Å². The molecule has 2 rings (SSSR count). The summed E-state index contributed by atoms with van der Waals surface area (Å²) in [4.78, 5) is 20.8. The van der Waals surface area contributed by atoms with Crippen molar-refractivity contribution in [3.05, 3.63) is 62.6 Å².